The second kappa shape index (κ2) is 5.63. The van der Waals surface area contributed by atoms with Crippen molar-refractivity contribution in [3.8, 4) is 6.07 Å². The van der Waals surface area contributed by atoms with Gasteiger partial charge in [-0.05, 0) is 38.0 Å². The van der Waals surface area contributed by atoms with Gasteiger partial charge in [-0.3, -0.25) is 0 Å². The van der Waals surface area contributed by atoms with Gasteiger partial charge in [-0.15, -0.1) is 0 Å². The number of benzene rings is 1. The molecule has 0 amide bonds. The molecule has 2 fully saturated rings. The molecule has 0 aromatic heterocycles. The lowest BCUT2D eigenvalue weighted by atomic mass is 9.89. The molecule has 0 bridgehead atoms. The number of halogens is 1. The summed E-state index contributed by atoms with van der Waals surface area (Å²) in [6, 6.07) is 6.48. The van der Waals surface area contributed by atoms with Gasteiger partial charge in [-0.2, -0.15) is 5.26 Å². The van der Waals surface area contributed by atoms with Crippen molar-refractivity contribution in [3.63, 3.8) is 0 Å². The van der Waals surface area contributed by atoms with Gasteiger partial charge in [0, 0.05) is 19.0 Å². The van der Waals surface area contributed by atoms with E-state index in [-0.39, 0.29) is 5.82 Å². The minimum absolute atomic E-state index is 0.363. The highest BCUT2D eigenvalue weighted by Crippen LogP contribution is 2.36. The number of hydrogen-bond acceptors (Lipinski definition) is 4. The molecule has 0 atom stereocenters. The Balaban J connectivity index is 1.70. The molecule has 3 rings (SSSR count). The molecule has 0 radical (unpaired) electrons. The summed E-state index contributed by atoms with van der Waals surface area (Å²) < 4.78 is 24.7. The van der Waals surface area contributed by atoms with Gasteiger partial charge in [0.1, 0.15) is 11.9 Å². The van der Waals surface area contributed by atoms with Crippen LogP contribution in [-0.2, 0) is 9.47 Å². The van der Waals surface area contributed by atoms with Gasteiger partial charge in [0.05, 0.1) is 24.5 Å². The van der Waals surface area contributed by atoms with E-state index in [0.29, 0.717) is 24.7 Å². The van der Waals surface area contributed by atoms with Crippen LogP contribution < -0.4 is 4.90 Å². The number of nitriles is 1. The predicted molar refractivity (Wildman–Crippen MR) is 76.4 cm³/mol. The summed E-state index contributed by atoms with van der Waals surface area (Å²) in [7, 11) is 0. The normalized spacial score (nSPS) is 22.2. The van der Waals surface area contributed by atoms with Crippen LogP contribution in [0.2, 0.25) is 0 Å². The zero-order valence-corrected chi connectivity index (χ0v) is 12.1. The summed E-state index contributed by atoms with van der Waals surface area (Å²) in [4.78, 5) is 2.15. The maximum Gasteiger partial charge on any atom is 0.168 e. The highest BCUT2D eigenvalue weighted by molar-refractivity contribution is 5.59. The Morgan fingerprint density at radius 2 is 1.95 bits per heavy atom. The molecule has 2 heterocycles. The van der Waals surface area contributed by atoms with Gasteiger partial charge in [0.2, 0.25) is 0 Å². The summed E-state index contributed by atoms with van der Waals surface area (Å²) in [5.74, 6) is -0.472. The van der Waals surface area contributed by atoms with Crippen LogP contribution >= 0.6 is 0 Å². The van der Waals surface area contributed by atoms with Crippen molar-refractivity contribution < 1.29 is 13.9 Å². The van der Waals surface area contributed by atoms with Crippen molar-refractivity contribution in [2.24, 2.45) is 5.92 Å². The molecule has 0 unspecified atom stereocenters. The summed E-state index contributed by atoms with van der Waals surface area (Å²) in [6.45, 7) is 4.99. The fraction of sp³-hybridized carbons (Fsp3) is 0.562. The Kier molecular flexibility index (Phi) is 3.83. The van der Waals surface area contributed by atoms with Crippen LogP contribution in [0.4, 0.5) is 10.1 Å². The van der Waals surface area contributed by atoms with E-state index >= 15 is 0 Å². The van der Waals surface area contributed by atoms with Gasteiger partial charge >= 0.3 is 0 Å². The molecule has 0 saturated carbocycles. The maximum absolute atomic E-state index is 13.2. The van der Waals surface area contributed by atoms with Crippen molar-refractivity contribution in [1.29, 1.82) is 5.26 Å². The first-order valence-electron chi connectivity index (χ1n) is 7.35. The van der Waals surface area contributed by atoms with E-state index in [0.717, 1.165) is 31.6 Å². The van der Waals surface area contributed by atoms with Crippen LogP contribution in [0.5, 0.6) is 0 Å². The summed E-state index contributed by atoms with van der Waals surface area (Å²) in [6.07, 6.45) is 1.89. The average Bonchev–Trinajstić information content (AvgIpc) is 2.95. The van der Waals surface area contributed by atoms with Gasteiger partial charge in [-0.25, -0.2) is 4.39 Å². The number of ether oxygens (including phenoxy) is 2. The van der Waals surface area contributed by atoms with Gasteiger partial charge in [-0.1, -0.05) is 0 Å². The lowest BCUT2D eigenvalue weighted by molar-refractivity contribution is -0.185. The fourth-order valence-electron chi connectivity index (χ4n) is 3.28. The molecular weight excluding hydrogens is 271 g/mol. The Labute approximate surface area is 124 Å². The van der Waals surface area contributed by atoms with Crippen molar-refractivity contribution >= 4 is 5.69 Å². The topological polar surface area (TPSA) is 45.5 Å². The SMILES string of the molecule is CC1(C2CCN(c3ccc(F)cc3C#N)CC2)OCCO1. The molecule has 2 saturated heterocycles. The third kappa shape index (κ3) is 2.74. The Hall–Kier alpha value is -1.64. The lowest BCUT2D eigenvalue weighted by Gasteiger charge is -2.40. The number of anilines is 1. The largest absolute Gasteiger partial charge is 0.370 e. The van der Waals surface area contributed by atoms with Crippen molar-refractivity contribution in [2.45, 2.75) is 25.6 Å². The number of piperidine rings is 1. The minimum Gasteiger partial charge on any atom is -0.370 e. The third-order valence-electron chi connectivity index (χ3n) is 4.52. The van der Waals surface area contributed by atoms with E-state index < -0.39 is 5.79 Å². The molecule has 112 valence electrons. The van der Waals surface area contributed by atoms with E-state index in [1.165, 1.54) is 12.1 Å². The monoisotopic (exact) mass is 290 g/mol. The number of hydrogen-bond donors (Lipinski definition) is 0. The maximum atomic E-state index is 13.2. The molecule has 0 spiro atoms. The smallest absolute Gasteiger partial charge is 0.168 e. The first kappa shape index (κ1) is 14.3. The molecule has 5 heteroatoms. The van der Waals surface area contributed by atoms with Crippen LogP contribution in [0.3, 0.4) is 0 Å². The van der Waals surface area contributed by atoms with Crippen molar-refractivity contribution in [1.82, 2.24) is 0 Å². The zero-order valence-electron chi connectivity index (χ0n) is 12.1. The summed E-state index contributed by atoms with van der Waals surface area (Å²) in [5, 5.41) is 9.16. The first-order valence-corrected chi connectivity index (χ1v) is 7.35. The van der Waals surface area contributed by atoms with Crippen LogP contribution in [-0.4, -0.2) is 32.1 Å². The van der Waals surface area contributed by atoms with Gasteiger partial charge < -0.3 is 14.4 Å². The Morgan fingerprint density at radius 1 is 1.29 bits per heavy atom. The van der Waals surface area contributed by atoms with E-state index in [1.54, 1.807) is 6.07 Å². The van der Waals surface area contributed by atoms with Crippen LogP contribution in [0.25, 0.3) is 0 Å². The first-order chi connectivity index (χ1) is 10.1. The molecular formula is C16H19FN2O2. The molecule has 1 aromatic rings. The van der Waals surface area contributed by atoms with Crippen LogP contribution in [0.1, 0.15) is 25.3 Å². The van der Waals surface area contributed by atoms with Gasteiger partial charge in [0.25, 0.3) is 0 Å². The summed E-state index contributed by atoms with van der Waals surface area (Å²) in [5.41, 5.74) is 1.21. The fourth-order valence-corrected chi connectivity index (χ4v) is 3.28. The van der Waals surface area contributed by atoms with E-state index in [2.05, 4.69) is 11.0 Å². The number of rotatable bonds is 2. The molecule has 1 aromatic carbocycles. The average molecular weight is 290 g/mol. The van der Waals surface area contributed by atoms with Crippen LogP contribution in [0, 0.1) is 23.1 Å². The minimum atomic E-state index is -0.465. The standard InChI is InChI=1S/C16H19FN2O2/c1-16(20-8-9-21-16)13-4-6-19(7-5-13)15-3-2-14(17)10-12(15)11-18/h2-3,10,13H,4-9H2,1H3. The second-order valence-corrected chi connectivity index (χ2v) is 5.75. The van der Waals surface area contributed by atoms with E-state index in [1.807, 2.05) is 6.92 Å². The highest BCUT2D eigenvalue weighted by atomic mass is 19.1. The highest BCUT2D eigenvalue weighted by Gasteiger charge is 2.41. The van der Waals surface area contributed by atoms with E-state index in [4.69, 9.17) is 14.7 Å². The van der Waals surface area contributed by atoms with E-state index in [9.17, 15) is 4.39 Å². The predicted octanol–water partition coefficient (Wildman–Crippen LogP) is 2.68. The lowest BCUT2D eigenvalue weighted by Crippen LogP contribution is -2.44. The molecule has 21 heavy (non-hydrogen) atoms. The third-order valence-corrected chi connectivity index (χ3v) is 4.52. The zero-order chi connectivity index (χ0) is 14.9. The Morgan fingerprint density at radius 3 is 2.57 bits per heavy atom. The van der Waals surface area contributed by atoms with Crippen LogP contribution in [0.15, 0.2) is 18.2 Å². The van der Waals surface area contributed by atoms with Crippen molar-refractivity contribution in [2.75, 3.05) is 31.2 Å². The molecule has 0 aliphatic carbocycles. The summed E-state index contributed by atoms with van der Waals surface area (Å²) >= 11 is 0. The molecule has 0 N–H and O–H groups in total. The van der Waals surface area contributed by atoms with Gasteiger partial charge in [0.15, 0.2) is 5.79 Å². The molecule has 2 aliphatic rings. The second-order valence-electron chi connectivity index (χ2n) is 5.75. The molecule has 4 nitrogen and oxygen atoms in total. The van der Waals surface area contributed by atoms with Crippen molar-refractivity contribution in [3.05, 3.63) is 29.6 Å². The Bertz CT molecular complexity index is 556. The quantitative estimate of drug-likeness (QED) is 0.840. The molecule has 2 aliphatic heterocycles. The number of nitrogens with zero attached hydrogens (tertiary/aromatic N) is 2.